The Morgan fingerprint density at radius 1 is 0.322 bits per heavy atom. The number of unbranched alkanes of at least 4 members (excludes halogenated alkanes) is 39. The standard InChI is InChI=1S/C71H138O17P2/c1-7-10-12-14-16-17-18-22-26-29-36-42-48-54-69(74)82-60-67(87-70(75)55-49-43-37-30-27-24-21-19-20-23-25-28-34-39-45-51-63(4)5)62-86-90(79,80)84-58-65(72)57-83-89(77,78)85-61-66(59-81-68(73)53-47-41-33-15-13-11-8-2)88-71(76)56-50-44-38-32-31-35-40-46-52-64(6)9-3/h63-67,72H,7-62H2,1-6H3,(H,77,78)(H,79,80)/t64?,65-,66+,67+/m0/s1. The van der Waals surface area contributed by atoms with Crippen LogP contribution in [0.3, 0.4) is 0 Å². The van der Waals surface area contributed by atoms with E-state index in [1.807, 2.05) is 0 Å². The first-order valence-corrected chi connectivity index (χ1v) is 40.0. The molecule has 0 aliphatic carbocycles. The van der Waals surface area contributed by atoms with Crippen molar-refractivity contribution in [3.05, 3.63) is 0 Å². The molecule has 0 radical (unpaired) electrons. The third-order valence-corrected chi connectivity index (χ3v) is 18.7. The topological polar surface area (TPSA) is 237 Å². The molecule has 3 unspecified atom stereocenters. The van der Waals surface area contributed by atoms with Gasteiger partial charge in [0, 0.05) is 25.7 Å². The maximum Gasteiger partial charge on any atom is 0.472 e. The third kappa shape index (κ3) is 63.5. The summed E-state index contributed by atoms with van der Waals surface area (Å²) >= 11 is 0. The lowest BCUT2D eigenvalue weighted by Gasteiger charge is -2.21. The number of ether oxygens (including phenoxy) is 4. The Kier molecular flexibility index (Phi) is 61.8. The molecule has 0 bridgehead atoms. The normalized spacial score (nSPS) is 14.4. The number of aliphatic hydroxyl groups excluding tert-OH is 1. The Morgan fingerprint density at radius 2 is 0.567 bits per heavy atom. The molecule has 17 nitrogen and oxygen atoms in total. The Balaban J connectivity index is 5.20. The smallest absolute Gasteiger partial charge is 0.462 e. The largest absolute Gasteiger partial charge is 0.472 e. The average molecular weight is 1330 g/mol. The summed E-state index contributed by atoms with van der Waals surface area (Å²) < 4.78 is 68.2. The molecule has 0 aromatic carbocycles. The number of hydrogen-bond donors (Lipinski definition) is 3. The molecule has 0 fully saturated rings. The molecule has 6 atom stereocenters. The molecular weight excluding hydrogens is 1190 g/mol. The lowest BCUT2D eigenvalue weighted by Crippen LogP contribution is -2.30. The molecule has 0 aliphatic rings. The number of esters is 4. The van der Waals surface area contributed by atoms with E-state index in [4.69, 9.17) is 37.0 Å². The molecule has 90 heavy (non-hydrogen) atoms. The molecule has 0 aliphatic heterocycles. The van der Waals surface area contributed by atoms with Crippen molar-refractivity contribution in [2.24, 2.45) is 11.8 Å². The maximum absolute atomic E-state index is 13.0. The van der Waals surface area contributed by atoms with Crippen LogP contribution in [-0.4, -0.2) is 96.7 Å². The quantitative estimate of drug-likeness (QED) is 0.0222. The van der Waals surface area contributed by atoms with Gasteiger partial charge in [0.05, 0.1) is 26.4 Å². The molecule has 0 saturated heterocycles. The van der Waals surface area contributed by atoms with Gasteiger partial charge in [0.1, 0.15) is 19.3 Å². The molecule has 0 spiro atoms. The van der Waals surface area contributed by atoms with Crippen LogP contribution < -0.4 is 0 Å². The van der Waals surface area contributed by atoms with Gasteiger partial charge < -0.3 is 33.8 Å². The van der Waals surface area contributed by atoms with Crippen LogP contribution in [0, 0.1) is 11.8 Å². The number of aliphatic hydroxyl groups is 1. The highest BCUT2D eigenvalue weighted by atomic mass is 31.2. The van der Waals surface area contributed by atoms with Crippen LogP contribution in [0.1, 0.15) is 363 Å². The van der Waals surface area contributed by atoms with Crippen molar-refractivity contribution in [2.45, 2.75) is 381 Å². The van der Waals surface area contributed by atoms with Crippen LogP contribution in [0.25, 0.3) is 0 Å². The summed E-state index contributed by atoms with van der Waals surface area (Å²) in [7, 11) is -9.90. The summed E-state index contributed by atoms with van der Waals surface area (Å²) in [5.41, 5.74) is 0. The Morgan fingerprint density at radius 3 is 0.844 bits per heavy atom. The van der Waals surface area contributed by atoms with E-state index in [1.165, 1.54) is 167 Å². The van der Waals surface area contributed by atoms with Gasteiger partial charge in [-0.15, -0.1) is 0 Å². The summed E-state index contributed by atoms with van der Waals surface area (Å²) in [5, 5.41) is 10.6. The van der Waals surface area contributed by atoms with Crippen molar-refractivity contribution >= 4 is 39.5 Å². The van der Waals surface area contributed by atoms with Crippen molar-refractivity contribution in [2.75, 3.05) is 39.6 Å². The van der Waals surface area contributed by atoms with E-state index in [9.17, 15) is 43.2 Å². The molecule has 0 aromatic rings. The second-order valence-corrected chi connectivity index (χ2v) is 29.3. The molecule has 534 valence electrons. The van der Waals surface area contributed by atoms with Gasteiger partial charge in [-0.05, 0) is 37.5 Å². The van der Waals surface area contributed by atoms with Gasteiger partial charge in [0.25, 0.3) is 0 Å². The van der Waals surface area contributed by atoms with E-state index < -0.39 is 97.5 Å². The van der Waals surface area contributed by atoms with Crippen molar-refractivity contribution in [3.8, 4) is 0 Å². The predicted octanol–water partition coefficient (Wildman–Crippen LogP) is 20.4. The Bertz CT molecular complexity index is 1750. The molecule has 0 saturated carbocycles. The van der Waals surface area contributed by atoms with Crippen molar-refractivity contribution in [1.29, 1.82) is 0 Å². The Hall–Kier alpha value is -1.94. The van der Waals surface area contributed by atoms with E-state index in [0.29, 0.717) is 25.7 Å². The molecule has 3 N–H and O–H groups in total. The number of phosphoric acid groups is 2. The fourth-order valence-electron chi connectivity index (χ4n) is 10.7. The maximum atomic E-state index is 13.0. The van der Waals surface area contributed by atoms with E-state index in [0.717, 1.165) is 115 Å². The van der Waals surface area contributed by atoms with Crippen LogP contribution in [0.5, 0.6) is 0 Å². The second kappa shape index (κ2) is 63.1. The average Bonchev–Trinajstić information content (AvgIpc) is 2.95. The van der Waals surface area contributed by atoms with Crippen LogP contribution in [0.2, 0.25) is 0 Å². The summed E-state index contributed by atoms with van der Waals surface area (Å²) in [5.74, 6) is -0.555. The van der Waals surface area contributed by atoms with E-state index >= 15 is 0 Å². The number of carbonyl (C=O) groups excluding carboxylic acids is 4. The zero-order valence-corrected chi connectivity index (χ0v) is 60.2. The van der Waals surface area contributed by atoms with Crippen molar-refractivity contribution in [1.82, 2.24) is 0 Å². The highest BCUT2D eigenvalue weighted by Gasteiger charge is 2.30. The highest BCUT2D eigenvalue weighted by Crippen LogP contribution is 2.45. The van der Waals surface area contributed by atoms with Crippen LogP contribution >= 0.6 is 15.6 Å². The predicted molar refractivity (Wildman–Crippen MR) is 363 cm³/mol. The zero-order valence-electron chi connectivity index (χ0n) is 58.4. The lowest BCUT2D eigenvalue weighted by atomic mass is 9.99. The van der Waals surface area contributed by atoms with Gasteiger partial charge in [0.2, 0.25) is 0 Å². The van der Waals surface area contributed by atoms with E-state index in [-0.39, 0.29) is 25.7 Å². The molecule has 0 rings (SSSR count). The van der Waals surface area contributed by atoms with Gasteiger partial charge in [-0.3, -0.25) is 37.3 Å². The zero-order chi connectivity index (χ0) is 66.5. The van der Waals surface area contributed by atoms with Crippen LogP contribution in [0.15, 0.2) is 0 Å². The molecule has 19 heteroatoms. The summed E-state index contributed by atoms with van der Waals surface area (Å²) in [6, 6.07) is 0. The van der Waals surface area contributed by atoms with Crippen LogP contribution in [0.4, 0.5) is 0 Å². The van der Waals surface area contributed by atoms with Crippen molar-refractivity contribution < 1.29 is 80.2 Å². The van der Waals surface area contributed by atoms with E-state index in [2.05, 4.69) is 41.5 Å². The first-order valence-electron chi connectivity index (χ1n) is 37.0. The number of carbonyl (C=O) groups is 4. The monoisotopic (exact) mass is 1320 g/mol. The fraction of sp³-hybridized carbons (Fsp3) is 0.944. The summed E-state index contributed by atoms with van der Waals surface area (Å²) in [4.78, 5) is 72.5. The summed E-state index contributed by atoms with van der Waals surface area (Å²) in [6.07, 6.45) is 48.6. The summed E-state index contributed by atoms with van der Waals surface area (Å²) in [6.45, 7) is 9.54. The molecule has 0 aromatic heterocycles. The minimum absolute atomic E-state index is 0.105. The van der Waals surface area contributed by atoms with Gasteiger partial charge in [-0.2, -0.15) is 0 Å². The molecular formula is C71H138O17P2. The SMILES string of the molecule is CCCCCCCCCCCCCCCC(=O)OC[C@H](COP(=O)(O)OC[C@@H](O)COP(=O)(O)OC[C@@H](COC(=O)CCCCCCCCC)OC(=O)CCCCCCCCCCC(C)CC)OC(=O)CCCCCCCCCCCCCCCCCC(C)C. The highest BCUT2D eigenvalue weighted by molar-refractivity contribution is 7.47. The van der Waals surface area contributed by atoms with Crippen LogP contribution in [-0.2, 0) is 65.4 Å². The third-order valence-electron chi connectivity index (χ3n) is 16.8. The van der Waals surface area contributed by atoms with Gasteiger partial charge in [-0.1, -0.05) is 311 Å². The van der Waals surface area contributed by atoms with Gasteiger partial charge in [-0.25, -0.2) is 9.13 Å². The van der Waals surface area contributed by atoms with Crippen molar-refractivity contribution in [3.63, 3.8) is 0 Å². The van der Waals surface area contributed by atoms with E-state index in [1.54, 1.807) is 0 Å². The minimum atomic E-state index is -4.95. The molecule has 0 heterocycles. The van der Waals surface area contributed by atoms with Gasteiger partial charge in [0.15, 0.2) is 12.2 Å². The van der Waals surface area contributed by atoms with Gasteiger partial charge >= 0.3 is 39.5 Å². The Labute approximate surface area is 549 Å². The first-order chi connectivity index (χ1) is 43.4. The molecule has 0 amide bonds. The first kappa shape index (κ1) is 88.1. The second-order valence-electron chi connectivity index (χ2n) is 26.3. The number of phosphoric ester groups is 2. The number of rotatable bonds is 70. The fourth-order valence-corrected chi connectivity index (χ4v) is 12.3. The number of hydrogen-bond acceptors (Lipinski definition) is 15. The lowest BCUT2D eigenvalue weighted by molar-refractivity contribution is -0.161. The minimum Gasteiger partial charge on any atom is -0.462 e.